The van der Waals surface area contributed by atoms with E-state index in [1.54, 1.807) is 0 Å². The summed E-state index contributed by atoms with van der Waals surface area (Å²) in [6, 6.07) is 7.72. The highest BCUT2D eigenvalue weighted by molar-refractivity contribution is 6.31. The van der Waals surface area contributed by atoms with Gasteiger partial charge in [-0.2, -0.15) is 4.39 Å². The summed E-state index contributed by atoms with van der Waals surface area (Å²) in [4.78, 5) is 9.70. The van der Waals surface area contributed by atoms with E-state index < -0.39 is 22.2 Å². The number of rotatable bonds is 4. The van der Waals surface area contributed by atoms with Gasteiger partial charge in [-0.05, 0) is 29.8 Å². The summed E-state index contributed by atoms with van der Waals surface area (Å²) in [6.07, 6.45) is 0. The van der Waals surface area contributed by atoms with Crippen molar-refractivity contribution in [2.45, 2.75) is 6.54 Å². The fraction of sp³-hybridized carbons (Fsp3) is 0.0769. The first-order valence-electron chi connectivity index (χ1n) is 5.59. The van der Waals surface area contributed by atoms with Crippen LogP contribution in [0.5, 0.6) is 0 Å². The Balaban J connectivity index is 2.09. The van der Waals surface area contributed by atoms with E-state index in [-0.39, 0.29) is 11.6 Å². The van der Waals surface area contributed by atoms with E-state index in [1.165, 1.54) is 24.3 Å². The van der Waals surface area contributed by atoms with Crippen molar-refractivity contribution < 1.29 is 13.7 Å². The van der Waals surface area contributed by atoms with Crippen LogP contribution in [-0.2, 0) is 6.54 Å². The summed E-state index contributed by atoms with van der Waals surface area (Å²) in [6.45, 7) is 0.233. The smallest absolute Gasteiger partial charge is 0.304 e. The molecule has 20 heavy (non-hydrogen) atoms. The maximum Gasteiger partial charge on any atom is 0.304 e. The second-order valence-electron chi connectivity index (χ2n) is 4.03. The molecule has 1 N–H and O–H groups in total. The number of anilines is 1. The fourth-order valence-corrected chi connectivity index (χ4v) is 1.80. The molecule has 0 unspecified atom stereocenters. The summed E-state index contributed by atoms with van der Waals surface area (Å²) in [5.41, 5.74) is 0.516. The van der Waals surface area contributed by atoms with Crippen molar-refractivity contribution in [3.8, 4) is 0 Å². The summed E-state index contributed by atoms with van der Waals surface area (Å²) >= 11 is 5.63. The molecule has 0 atom stereocenters. The molecule has 2 rings (SSSR count). The molecule has 0 aliphatic heterocycles. The summed E-state index contributed by atoms with van der Waals surface area (Å²) in [7, 11) is 0. The zero-order valence-corrected chi connectivity index (χ0v) is 10.8. The maximum atomic E-state index is 13.4. The standard InChI is InChI=1S/C13H9ClF2N2O2/c14-10-6-9(2-3-11(10)15)17-7-8-1-4-13(18(19)20)12(16)5-8/h1-6,17H,7H2. The Labute approximate surface area is 118 Å². The number of hydrogen-bond acceptors (Lipinski definition) is 3. The van der Waals surface area contributed by atoms with Crippen molar-refractivity contribution in [1.82, 2.24) is 0 Å². The Kier molecular flexibility index (Phi) is 4.14. The zero-order chi connectivity index (χ0) is 14.7. The lowest BCUT2D eigenvalue weighted by molar-refractivity contribution is -0.387. The molecule has 0 saturated heterocycles. The minimum Gasteiger partial charge on any atom is -0.381 e. The number of hydrogen-bond donors (Lipinski definition) is 1. The molecule has 0 bridgehead atoms. The minimum absolute atomic E-state index is 0.0233. The molecular weight excluding hydrogens is 290 g/mol. The summed E-state index contributed by atoms with van der Waals surface area (Å²) in [5, 5.41) is 13.4. The first kappa shape index (κ1) is 14.2. The normalized spacial score (nSPS) is 10.3. The minimum atomic E-state index is -0.897. The van der Waals surface area contributed by atoms with Crippen molar-refractivity contribution in [2.24, 2.45) is 0 Å². The Morgan fingerprint density at radius 1 is 1.15 bits per heavy atom. The van der Waals surface area contributed by atoms with Crippen LogP contribution in [0.4, 0.5) is 20.2 Å². The number of nitrogens with one attached hydrogen (secondary N) is 1. The molecule has 0 aromatic heterocycles. The van der Waals surface area contributed by atoms with Crippen molar-refractivity contribution in [2.75, 3.05) is 5.32 Å². The molecule has 0 amide bonds. The molecule has 0 spiro atoms. The topological polar surface area (TPSA) is 55.2 Å². The van der Waals surface area contributed by atoms with Crippen molar-refractivity contribution in [1.29, 1.82) is 0 Å². The zero-order valence-electron chi connectivity index (χ0n) is 10.1. The molecule has 7 heteroatoms. The van der Waals surface area contributed by atoms with Gasteiger partial charge in [-0.1, -0.05) is 17.7 Å². The third-order valence-corrected chi connectivity index (χ3v) is 2.91. The van der Waals surface area contributed by atoms with E-state index >= 15 is 0 Å². The summed E-state index contributed by atoms with van der Waals surface area (Å²) < 4.78 is 26.4. The maximum absolute atomic E-state index is 13.4. The van der Waals surface area contributed by atoms with Crippen LogP contribution in [0.3, 0.4) is 0 Å². The van der Waals surface area contributed by atoms with Gasteiger partial charge < -0.3 is 5.32 Å². The molecule has 2 aromatic rings. The molecule has 2 aromatic carbocycles. The van der Waals surface area contributed by atoms with Gasteiger partial charge in [0.25, 0.3) is 0 Å². The number of benzene rings is 2. The average Bonchev–Trinajstić information content (AvgIpc) is 2.40. The lowest BCUT2D eigenvalue weighted by atomic mass is 10.2. The predicted octanol–water partition coefficient (Wildman–Crippen LogP) is 4.14. The van der Waals surface area contributed by atoms with Crippen LogP contribution in [0.15, 0.2) is 36.4 Å². The van der Waals surface area contributed by atoms with Crippen LogP contribution in [0.1, 0.15) is 5.56 Å². The molecule has 0 saturated carbocycles. The van der Waals surface area contributed by atoms with Gasteiger partial charge in [-0.15, -0.1) is 0 Å². The first-order chi connectivity index (χ1) is 9.47. The average molecular weight is 299 g/mol. The highest BCUT2D eigenvalue weighted by atomic mass is 35.5. The SMILES string of the molecule is O=[N+]([O-])c1ccc(CNc2ccc(F)c(Cl)c2)cc1F. The Morgan fingerprint density at radius 2 is 1.90 bits per heavy atom. The van der Waals surface area contributed by atoms with Gasteiger partial charge in [-0.3, -0.25) is 10.1 Å². The molecule has 0 heterocycles. The van der Waals surface area contributed by atoms with E-state index in [4.69, 9.17) is 11.6 Å². The molecule has 0 fully saturated rings. The Bertz CT molecular complexity index is 665. The molecule has 0 aliphatic rings. The largest absolute Gasteiger partial charge is 0.381 e. The highest BCUT2D eigenvalue weighted by Crippen LogP contribution is 2.21. The fourth-order valence-electron chi connectivity index (χ4n) is 1.62. The van der Waals surface area contributed by atoms with Crippen molar-refractivity contribution in [3.05, 3.63) is 68.7 Å². The van der Waals surface area contributed by atoms with Gasteiger partial charge in [0.1, 0.15) is 5.82 Å². The van der Waals surface area contributed by atoms with Crippen molar-refractivity contribution in [3.63, 3.8) is 0 Å². The van der Waals surface area contributed by atoms with E-state index in [1.807, 2.05) is 0 Å². The Morgan fingerprint density at radius 3 is 2.50 bits per heavy atom. The Hall–Kier alpha value is -2.21. The van der Waals surface area contributed by atoms with Gasteiger partial charge >= 0.3 is 5.69 Å². The van der Waals surface area contributed by atoms with Crippen LogP contribution in [0, 0.1) is 21.7 Å². The lowest BCUT2D eigenvalue weighted by Crippen LogP contribution is -2.01. The molecule has 0 radical (unpaired) electrons. The van der Waals surface area contributed by atoms with Crippen molar-refractivity contribution >= 4 is 23.0 Å². The third kappa shape index (κ3) is 3.21. The highest BCUT2D eigenvalue weighted by Gasteiger charge is 2.13. The number of nitro benzene ring substituents is 1. The second kappa shape index (κ2) is 5.83. The lowest BCUT2D eigenvalue weighted by Gasteiger charge is -2.07. The van der Waals surface area contributed by atoms with Gasteiger partial charge in [0.2, 0.25) is 5.82 Å². The van der Waals surface area contributed by atoms with Gasteiger partial charge in [0, 0.05) is 18.3 Å². The monoisotopic (exact) mass is 298 g/mol. The van der Waals surface area contributed by atoms with Crippen LogP contribution in [-0.4, -0.2) is 4.92 Å². The molecule has 0 aliphatic carbocycles. The molecule has 4 nitrogen and oxygen atoms in total. The van der Waals surface area contributed by atoms with Crippen LogP contribution in [0.25, 0.3) is 0 Å². The van der Waals surface area contributed by atoms with Gasteiger partial charge in [0.15, 0.2) is 0 Å². The molecule has 104 valence electrons. The molecular formula is C13H9ClF2N2O2. The van der Waals surface area contributed by atoms with Crippen LogP contribution >= 0.6 is 11.6 Å². The van der Waals surface area contributed by atoms with Crippen LogP contribution in [0.2, 0.25) is 5.02 Å². The van der Waals surface area contributed by atoms with E-state index in [0.717, 1.165) is 12.1 Å². The van der Waals surface area contributed by atoms with E-state index in [9.17, 15) is 18.9 Å². The number of halogens is 3. The van der Waals surface area contributed by atoms with Gasteiger partial charge in [0.05, 0.1) is 9.95 Å². The van der Waals surface area contributed by atoms with E-state index in [2.05, 4.69) is 5.32 Å². The van der Waals surface area contributed by atoms with Crippen LogP contribution < -0.4 is 5.32 Å². The third-order valence-electron chi connectivity index (χ3n) is 2.63. The number of nitrogens with zero attached hydrogens (tertiary/aromatic N) is 1. The predicted molar refractivity (Wildman–Crippen MR) is 71.8 cm³/mol. The van der Waals surface area contributed by atoms with E-state index in [0.29, 0.717) is 11.3 Å². The second-order valence-corrected chi connectivity index (χ2v) is 4.43. The van der Waals surface area contributed by atoms with Gasteiger partial charge in [-0.25, -0.2) is 4.39 Å². The number of nitro groups is 1. The quantitative estimate of drug-likeness (QED) is 0.682. The first-order valence-corrected chi connectivity index (χ1v) is 5.97. The summed E-state index contributed by atoms with van der Waals surface area (Å²) in [5.74, 6) is -1.43.